The lowest BCUT2D eigenvalue weighted by Gasteiger charge is -2.41. The maximum absolute atomic E-state index is 14.0. The summed E-state index contributed by atoms with van der Waals surface area (Å²) in [5, 5.41) is 3.01. The highest BCUT2D eigenvalue weighted by atomic mass is 19.1. The standard InChI is InChI=1S/C28H28FN5O2/c1-2-3-14-34-26(35)28(32-27(34)36,18-20-6-4-8-23(29)17-20)22-10-15-33(16-11-22)19-21-7-5-9-24-25(21)31-13-12-30-24/h4-9,12-13,17,22H,10-11,14-16,18-19H2,1H3,(H,32,36)/t28-/m0/s1. The quantitative estimate of drug-likeness (QED) is 0.427. The normalized spacial score (nSPS) is 20.9. The van der Waals surface area contributed by atoms with Crippen LogP contribution in [0.4, 0.5) is 9.18 Å². The number of benzene rings is 2. The van der Waals surface area contributed by atoms with Crippen LogP contribution in [0.5, 0.6) is 0 Å². The molecule has 2 aliphatic rings. The van der Waals surface area contributed by atoms with Crippen molar-refractivity contribution in [2.75, 3.05) is 19.6 Å². The van der Waals surface area contributed by atoms with Gasteiger partial charge < -0.3 is 5.32 Å². The van der Waals surface area contributed by atoms with E-state index in [1.54, 1.807) is 31.5 Å². The molecular weight excluding hydrogens is 457 g/mol. The number of hydrogen-bond acceptors (Lipinski definition) is 5. The van der Waals surface area contributed by atoms with Crippen LogP contribution in [0, 0.1) is 23.6 Å². The molecule has 0 spiro atoms. The lowest BCUT2D eigenvalue weighted by atomic mass is 9.74. The molecule has 3 aromatic rings. The molecule has 1 atom stereocenters. The minimum atomic E-state index is -1.11. The van der Waals surface area contributed by atoms with E-state index < -0.39 is 11.6 Å². The number of nitrogens with one attached hydrogen (secondary N) is 1. The zero-order chi connectivity index (χ0) is 25.1. The Balaban J connectivity index is 1.37. The molecule has 3 amide bonds. The van der Waals surface area contributed by atoms with Gasteiger partial charge in [-0.15, -0.1) is 5.92 Å². The Morgan fingerprint density at radius 2 is 1.89 bits per heavy atom. The second kappa shape index (κ2) is 10.0. The van der Waals surface area contributed by atoms with Gasteiger partial charge in [-0.1, -0.05) is 30.2 Å². The maximum atomic E-state index is 14.0. The topological polar surface area (TPSA) is 78.4 Å². The second-order valence-corrected chi connectivity index (χ2v) is 9.42. The number of amides is 3. The molecule has 2 fully saturated rings. The van der Waals surface area contributed by atoms with Gasteiger partial charge in [0.2, 0.25) is 0 Å². The summed E-state index contributed by atoms with van der Waals surface area (Å²) in [7, 11) is 0. The largest absolute Gasteiger partial charge is 0.325 e. The first-order valence-corrected chi connectivity index (χ1v) is 12.2. The minimum absolute atomic E-state index is 0.0486. The summed E-state index contributed by atoms with van der Waals surface area (Å²) in [5.41, 5.74) is 2.45. The van der Waals surface area contributed by atoms with Gasteiger partial charge in [-0.25, -0.2) is 9.18 Å². The Bertz CT molecular complexity index is 1350. The smallest absolute Gasteiger partial charge is 0.322 e. The van der Waals surface area contributed by atoms with Crippen LogP contribution in [0.3, 0.4) is 0 Å². The van der Waals surface area contributed by atoms with Crippen molar-refractivity contribution in [3.05, 3.63) is 71.8 Å². The number of carbonyl (C=O) groups excluding carboxylic acids is 2. The zero-order valence-corrected chi connectivity index (χ0v) is 20.2. The van der Waals surface area contributed by atoms with Gasteiger partial charge in [0, 0.05) is 25.4 Å². The first-order chi connectivity index (χ1) is 17.5. The van der Waals surface area contributed by atoms with E-state index in [2.05, 4.69) is 38.1 Å². The number of rotatable bonds is 6. The van der Waals surface area contributed by atoms with Gasteiger partial charge >= 0.3 is 6.03 Å². The number of imide groups is 1. The molecule has 0 bridgehead atoms. The average molecular weight is 486 g/mol. The third-order valence-electron chi connectivity index (χ3n) is 7.25. The van der Waals surface area contributed by atoms with E-state index in [1.807, 2.05) is 12.1 Å². The molecule has 1 aromatic heterocycles. The van der Waals surface area contributed by atoms with Crippen LogP contribution < -0.4 is 5.32 Å². The Labute approximate surface area is 209 Å². The Morgan fingerprint density at radius 1 is 1.11 bits per heavy atom. The summed E-state index contributed by atoms with van der Waals surface area (Å²) >= 11 is 0. The van der Waals surface area contributed by atoms with Gasteiger partial charge in [-0.05, 0) is 68.1 Å². The highest BCUT2D eigenvalue weighted by Crippen LogP contribution is 2.37. The third kappa shape index (κ3) is 4.54. The van der Waals surface area contributed by atoms with Gasteiger partial charge in [-0.2, -0.15) is 0 Å². The number of halogens is 1. The summed E-state index contributed by atoms with van der Waals surface area (Å²) in [6.45, 7) is 4.00. The molecular formula is C28H28FN5O2. The van der Waals surface area contributed by atoms with Crippen LogP contribution in [0.15, 0.2) is 54.9 Å². The van der Waals surface area contributed by atoms with Crippen molar-refractivity contribution in [2.24, 2.45) is 5.92 Å². The molecule has 2 saturated heterocycles. The molecule has 0 saturated carbocycles. The molecule has 7 nitrogen and oxygen atoms in total. The highest BCUT2D eigenvalue weighted by Gasteiger charge is 2.55. The SMILES string of the molecule is CC#CCN1C(=O)N[C@@](Cc2cccc(F)c2)(C2CCN(Cc3cccc4nccnc34)CC2)C1=O. The first-order valence-electron chi connectivity index (χ1n) is 12.2. The molecule has 2 aliphatic heterocycles. The number of likely N-dealkylation sites (tertiary alicyclic amines) is 1. The molecule has 8 heteroatoms. The summed E-state index contributed by atoms with van der Waals surface area (Å²) in [4.78, 5) is 39.0. The summed E-state index contributed by atoms with van der Waals surface area (Å²) in [5.74, 6) is 4.86. The Morgan fingerprint density at radius 3 is 2.67 bits per heavy atom. The molecule has 184 valence electrons. The lowest BCUT2D eigenvalue weighted by Crippen LogP contribution is -2.57. The van der Waals surface area contributed by atoms with Gasteiger partial charge in [-0.3, -0.25) is 24.6 Å². The third-order valence-corrected chi connectivity index (χ3v) is 7.25. The van der Waals surface area contributed by atoms with Crippen LogP contribution in [0.1, 0.15) is 30.9 Å². The predicted molar refractivity (Wildman–Crippen MR) is 134 cm³/mol. The average Bonchev–Trinajstić information content (AvgIpc) is 3.12. The van der Waals surface area contributed by atoms with Crippen molar-refractivity contribution in [3.8, 4) is 11.8 Å². The van der Waals surface area contributed by atoms with E-state index in [1.165, 1.54) is 17.0 Å². The van der Waals surface area contributed by atoms with Gasteiger partial charge in [0.1, 0.15) is 11.4 Å². The second-order valence-electron chi connectivity index (χ2n) is 9.42. The van der Waals surface area contributed by atoms with Gasteiger partial charge in [0.25, 0.3) is 5.91 Å². The minimum Gasteiger partial charge on any atom is -0.322 e. The van der Waals surface area contributed by atoms with Crippen LogP contribution in [0.25, 0.3) is 11.0 Å². The van der Waals surface area contributed by atoms with Gasteiger partial charge in [0.15, 0.2) is 0 Å². The van der Waals surface area contributed by atoms with Crippen LogP contribution in [-0.2, 0) is 17.8 Å². The van der Waals surface area contributed by atoms with Gasteiger partial charge in [0.05, 0.1) is 17.6 Å². The molecule has 0 radical (unpaired) electrons. The van der Waals surface area contributed by atoms with E-state index in [0.29, 0.717) is 5.56 Å². The van der Waals surface area contributed by atoms with Crippen LogP contribution in [0.2, 0.25) is 0 Å². The summed E-state index contributed by atoms with van der Waals surface area (Å²) < 4.78 is 14.0. The maximum Gasteiger partial charge on any atom is 0.325 e. The molecule has 0 unspecified atom stereocenters. The number of para-hydroxylation sites is 1. The monoisotopic (exact) mass is 485 g/mol. The van der Waals surface area contributed by atoms with E-state index in [4.69, 9.17) is 0 Å². The molecule has 36 heavy (non-hydrogen) atoms. The first kappa shape index (κ1) is 23.9. The van der Waals surface area contributed by atoms with Crippen molar-refractivity contribution >= 4 is 23.0 Å². The number of nitrogens with zero attached hydrogens (tertiary/aromatic N) is 4. The van der Waals surface area contributed by atoms with E-state index in [0.717, 1.165) is 49.1 Å². The molecule has 5 rings (SSSR count). The predicted octanol–water partition coefficient (Wildman–Crippen LogP) is 3.54. The van der Waals surface area contributed by atoms with Crippen molar-refractivity contribution < 1.29 is 14.0 Å². The van der Waals surface area contributed by atoms with E-state index in [-0.39, 0.29) is 30.6 Å². The fraction of sp³-hybridized carbons (Fsp3) is 0.357. The zero-order valence-electron chi connectivity index (χ0n) is 20.2. The van der Waals surface area contributed by atoms with Crippen LogP contribution >= 0.6 is 0 Å². The fourth-order valence-corrected chi connectivity index (χ4v) is 5.46. The number of urea groups is 1. The van der Waals surface area contributed by atoms with Crippen LogP contribution in [-0.4, -0.2) is 56.9 Å². The van der Waals surface area contributed by atoms with E-state index >= 15 is 0 Å². The highest BCUT2D eigenvalue weighted by molar-refractivity contribution is 6.07. The van der Waals surface area contributed by atoms with Crippen molar-refractivity contribution in [3.63, 3.8) is 0 Å². The molecule has 0 aliphatic carbocycles. The summed E-state index contributed by atoms with van der Waals surface area (Å²) in [6, 6.07) is 11.8. The number of piperidine rings is 1. The number of carbonyl (C=O) groups is 2. The van der Waals surface area contributed by atoms with Crippen molar-refractivity contribution in [1.29, 1.82) is 0 Å². The molecule has 1 N–H and O–H groups in total. The fourth-order valence-electron chi connectivity index (χ4n) is 5.46. The summed E-state index contributed by atoms with van der Waals surface area (Å²) in [6.07, 6.45) is 5.10. The van der Waals surface area contributed by atoms with E-state index in [9.17, 15) is 14.0 Å². The number of aromatic nitrogens is 2. The molecule has 3 heterocycles. The Kier molecular flexibility index (Phi) is 6.66. The number of fused-ring (bicyclic) bond motifs is 1. The molecule has 2 aromatic carbocycles. The number of hydrogen-bond donors (Lipinski definition) is 1. The van der Waals surface area contributed by atoms with Crippen molar-refractivity contribution in [1.82, 2.24) is 25.1 Å². The Hall–Kier alpha value is -3.83. The lowest BCUT2D eigenvalue weighted by molar-refractivity contribution is -0.133. The van der Waals surface area contributed by atoms with Crippen molar-refractivity contribution in [2.45, 2.75) is 38.3 Å².